The van der Waals surface area contributed by atoms with E-state index in [0.717, 1.165) is 22.3 Å². The largest absolute Gasteiger partial charge is 0.477 e. The molecule has 2 aliphatic rings. The summed E-state index contributed by atoms with van der Waals surface area (Å²) in [4.78, 5) is 44.6. The number of benzene rings is 2. The predicted octanol–water partition coefficient (Wildman–Crippen LogP) is 3.97. The number of thioether (sulfide) groups is 2. The molecule has 12 heteroatoms. The van der Waals surface area contributed by atoms with E-state index >= 15 is 0 Å². The smallest absolute Gasteiger partial charge is 0.356 e. The van der Waals surface area contributed by atoms with Gasteiger partial charge in [-0.25, -0.2) is 19.1 Å². The zero-order valence-electron chi connectivity index (χ0n) is 22.8. The van der Waals surface area contributed by atoms with Gasteiger partial charge in [0.15, 0.2) is 11.8 Å². The number of ether oxygens (including phenoxy) is 1. The van der Waals surface area contributed by atoms with Crippen molar-refractivity contribution < 1.29 is 24.2 Å². The number of hydrogen-bond acceptors (Lipinski definition) is 9. The Morgan fingerprint density at radius 2 is 1.76 bits per heavy atom. The third kappa shape index (κ3) is 4.85. The molecule has 2 atom stereocenters. The van der Waals surface area contributed by atoms with Gasteiger partial charge in [-0.15, -0.1) is 23.5 Å². The molecule has 2 aliphatic heterocycles. The Kier molecular flexibility index (Phi) is 7.52. The molecule has 10 nitrogen and oxygen atoms in total. The Bertz CT molecular complexity index is 1700. The number of esters is 1. The van der Waals surface area contributed by atoms with Gasteiger partial charge >= 0.3 is 11.9 Å². The van der Waals surface area contributed by atoms with Crippen molar-refractivity contribution in [2.45, 2.75) is 36.4 Å². The number of hydrogen-bond donors (Lipinski definition) is 2. The van der Waals surface area contributed by atoms with Crippen LogP contribution in [0.15, 0.2) is 83.2 Å². The molecule has 3 N–H and O–H groups in total. The van der Waals surface area contributed by atoms with Crippen molar-refractivity contribution >= 4 is 47.0 Å². The zero-order chi connectivity index (χ0) is 29.5. The summed E-state index contributed by atoms with van der Waals surface area (Å²) in [5.41, 5.74) is 10.4. The summed E-state index contributed by atoms with van der Waals surface area (Å²) in [6.07, 6.45) is 0.604. The van der Waals surface area contributed by atoms with Crippen molar-refractivity contribution in [1.82, 2.24) is 19.5 Å². The van der Waals surface area contributed by atoms with Crippen molar-refractivity contribution in [3.8, 4) is 0 Å². The standard InChI is InChI=1S/C30H27N5O5S2/c1-16-17(2)33-25-21(29(37)38)13-32-35(25)27(16)41-14-20-15-42-28-22(31)26(36)34(28)23(20)30(39)40-24(18-9-5-3-6-10-18)19-11-7-4-8-12-19/h3-13,22,24,28H,14-15,31H2,1-2H3,(H,37,38)/t22?,28-/m1/s1. The van der Waals surface area contributed by atoms with Crippen molar-refractivity contribution in [3.05, 3.63) is 106 Å². The van der Waals surface area contributed by atoms with Crippen LogP contribution in [0.2, 0.25) is 0 Å². The van der Waals surface area contributed by atoms with Crippen molar-refractivity contribution in [2.24, 2.45) is 5.73 Å². The summed E-state index contributed by atoms with van der Waals surface area (Å²) in [5.74, 6) is -1.22. The van der Waals surface area contributed by atoms with Crippen LogP contribution >= 0.6 is 23.5 Å². The molecule has 1 amide bonds. The molecule has 2 aromatic heterocycles. The number of nitrogens with two attached hydrogens (primary N) is 1. The summed E-state index contributed by atoms with van der Waals surface area (Å²) in [7, 11) is 0. The Labute approximate surface area is 249 Å². The lowest BCUT2D eigenvalue weighted by molar-refractivity contribution is -0.153. The number of rotatable bonds is 8. The first-order valence-corrected chi connectivity index (χ1v) is 15.2. The quantitative estimate of drug-likeness (QED) is 0.132. The van der Waals surface area contributed by atoms with E-state index in [2.05, 4.69) is 10.1 Å². The van der Waals surface area contributed by atoms with Crippen LogP contribution in [0.4, 0.5) is 0 Å². The monoisotopic (exact) mass is 601 g/mol. The van der Waals surface area contributed by atoms with Crippen molar-refractivity contribution in [2.75, 3.05) is 11.5 Å². The molecule has 214 valence electrons. The molecule has 1 unspecified atom stereocenters. The molecule has 0 saturated carbocycles. The maximum atomic E-state index is 14.0. The Morgan fingerprint density at radius 3 is 2.38 bits per heavy atom. The summed E-state index contributed by atoms with van der Waals surface area (Å²) < 4.78 is 7.69. The third-order valence-corrected chi connectivity index (χ3v) is 10.0. The average molecular weight is 602 g/mol. The van der Waals surface area contributed by atoms with Crippen molar-refractivity contribution in [1.29, 1.82) is 0 Å². The number of carbonyl (C=O) groups is 3. The molecule has 0 radical (unpaired) electrons. The maximum Gasteiger partial charge on any atom is 0.356 e. The lowest BCUT2D eigenvalue weighted by atomic mass is 10.0. The SMILES string of the molecule is Cc1nc2c(C(=O)O)cnn2c(SCC2=C(C(=O)OC(c3ccccc3)c3ccccc3)N3C(=O)C(N)[C@H]3SC2)c1C. The number of carboxylic acid groups (broad SMARTS) is 1. The highest BCUT2D eigenvalue weighted by Gasteiger charge is 2.52. The van der Waals surface area contributed by atoms with Gasteiger partial charge in [-0.1, -0.05) is 60.7 Å². The Balaban J connectivity index is 1.37. The molecule has 2 aromatic carbocycles. The molecule has 1 fully saturated rings. The normalized spacial score (nSPS) is 18.3. The minimum absolute atomic E-state index is 0.00697. The Morgan fingerprint density at radius 1 is 1.12 bits per heavy atom. The van der Waals surface area contributed by atoms with Gasteiger partial charge in [0, 0.05) is 22.8 Å². The fraction of sp³-hybridized carbons (Fsp3) is 0.233. The van der Waals surface area contributed by atoms with Gasteiger partial charge in [0.2, 0.25) is 5.91 Å². The first-order chi connectivity index (χ1) is 20.3. The van der Waals surface area contributed by atoms with E-state index in [9.17, 15) is 19.5 Å². The van der Waals surface area contributed by atoms with Crippen LogP contribution in [0.25, 0.3) is 5.65 Å². The van der Waals surface area contributed by atoms with Crippen LogP contribution in [0, 0.1) is 13.8 Å². The number of nitrogens with zero attached hydrogens (tertiary/aromatic N) is 4. The first kappa shape index (κ1) is 28.0. The Hall–Kier alpha value is -4.13. The topological polar surface area (TPSA) is 140 Å². The van der Waals surface area contributed by atoms with Crippen LogP contribution in [-0.4, -0.2) is 65.4 Å². The first-order valence-electron chi connectivity index (χ1n) is 13.2. The highest BCUT2D eigenvalue weighted by atomic mass is 32.2. The molecule has 4 aromatic rings. The fourth-order valence-corrected chi connectivity index (χ4v) is 7.65. The van der Waals surface area contributed by atoms with E-state index in [-0.39, 0.29) is 28.2 Å². The maximum absolute atomic E-state index is 14.0. The molecule has 0 bridgehead atoms. The number of β-lactam (4-membered cyclic amide) rings is 1. The number of aromatic nitrogens is 3. The highest BCUT2D eigenvalue weighted by Crippen LogP contribution is 2.42. The molecule has 6 rings (SSSR count). The van der Waals surface area contributed by atoms with E-state index in [1.165, 1.54) is 39.1 Å². The fourth-order valence-electron chi connectivity index (χ4n) is 5.06. The average Bonchev–Trinajstić information content (AvgIpc) is 3.43. The number of aryl methyl sites for hydroxylation is 1. The molecular weight excluding hydrogens is 574 g/mol. The lowest BCUT2D eigenvalue weighted by Gasteiger charge is -2.48. The zero-order valence-corrected chi connectivity index (χ0v) is 24.4. The minimum atomic E-state index is -1.11. The number of amides is 1. The van der Waals surface area contributed by atoms with Gasteiger partial charge in [0.05, 0.1) is 6.20 Å². The number of carboxylic acids is 1. The van der Waals surface area contributed by atoms with Gasteiger partial charge < -0.3 is 15.6 Å². The minimum Gasteiger partial charge on any atom is -0.477 e. The number of aromatic carboxylic acids is 1. The third-order valence-electron chi connectivity index (χ3n) is 7.40. The van der Waals surface area contributed by atoms with Gasteiger partial charge in [-0.2, -0.15) is 5.10 Å². The van der Waals surface area contributed by atoms with E-state index < -0.39 is 24.1 Å². The second-order valence-corrected chi connectivity index (χ2v) is 12.1. The molecule has 1 saturated heterocycles. The summed E-state index contributed by atoms with van der Waals surface area (Å²) in [6, 6.07) is 18.2. The summed E-state index contributed by atoms with van der Waals surface area (Å²) in [5, 5.41) is 14.2. The highest BCUT2D eigenvalue weighted by molar-refractivity contribution is 8.01. The van der Waals surface area contributed by atoms with Crippen LogP contribution in [0.1, 0.15) is 38.8 Å². The van der Waals surface area contributed by atoms with Crippen LogP contribution in [-0.2, 0) is 14.3 Å². The molecule has 0 spiro atoms. The van der Waals surface area contributed by atoms with Gasteiger partial charge in [0.25, 0.3) is 0 Å². The molecular formula is C30H27N5O5S2. The van der Waals surface area contributed by atoms with E-state index in [4.69, 9.17) is 10.5 Å². The summed E-state index contributed by atoms with van der Waals surface area (Å²) in [6.45, 7) is 3.71. The van der Waals surface area contributed by atoms with Crippen molar-refractivity contribution in [3.63, 3.8) is 0 Å². The molecule has 4 heterocycles. The van der Waals surface area contributed by atoms with E-state index in [1.807, 2.05) is 74.5 Å². The van der Waals surface area contributed by atoms with Crippen LogP contribution in [0.5, 0.6) is 0 Å². The second kappa shape index (κ2) is 11.3. The molecule has 42 heavy (non-hydrogen) atoms. The van der Waals surface area contributed by atoms with E-state index in [0.29, 0.717) is 22.2 Å². The number of carbonyl (C=O) groups excluding carboxylic acids is 2. The van der Waals surface area contributed by atoms with Crippen LogP contribution in [0.3, 0.4) is 0 Å². The summed E-state index contributed by atoms with van der Waals surface area (Å²) >= 11 is 2.91. The second-order valence-electron chi connectivity index (χ2n) is 10.0. The number of fused-ring (bicyclic) bond motifs is 2. The lowest BCUT2D eigenvalue weighted by Crippen LogP contribution is -2.68. The van der Waals surface area contributed by atoms with E-state index in [1.54, 1.807) is 0 Å². The van der Waals surface area contributed by atoms with Gasteiger partial charge in [-0.05, 0) is 30.5 Å². The molecule has 0 aliphatic carbocycles. The predicted molar refractivity (Wildman–Crippen MR) is 159 cm³/mol. The van der Waals surface area contributed by atoms with Gasteiger partial charge in [-0.3, -0.25) is 9.69 Å². The van der Waals surface area contributed by atoms with Crippen LogP contribution < -0.4 is 5.73 Å². The van der Waals surface area contributed by atoms with Gasteiger partial charge in [0.1, 0.15) is 27.7 Å².